The number of carbonyl (C=O) groups excluding carboxylic acids is 2. The second kappa shape index (κ2) is 16.6. The lowest BCUT2D eigenvalue weighted by Crippen LogP contribution is -2.50. The quantitative estimate of drug-likeness (QED) is 0.264. The van der Waals surface area contributed by atoms with E-state index in [0.29, 0.717) is 12.8 Å². The van der Waals surface area contributed by atoms with E-state index in [1.165, 1.54) is 19.3 Å². The summed E-state index contributed by atoms with van der Waals surface area (Å²) < 4.78 is 0. The molecule has 0 bridgehead atoms. The molecule has 0 unspecified atom stereocenters. The highest BCUT2D eigenvalue weighted by Crippen LogP contribution is 2.05. The highest BCUT2D eigenvalue weighted by molar-refractivity contribution is 9.09. The van der Waals surface area contributed by atoms with Gasteiger partial charge in [-0.05, 0) is 6.42 Å². The first-order valence-electron chi connectivity index (χ1n) is 10.7. The first kappa shape index (κ1) is 25.9. The lowest BCUT2D eigenvalue weighted by atomic mass is 10.2. The van der Waals surface area contributed by atoms with Crippen LogP contribution in [0.5, 0.6) is 0 Å². The van der Waals surface area contributed by atoms with Crippen molar-refractivity contribution in [2.75, 3.05) is 69.6 Å². The van der Waals surface area contributed by atoms with Gasteiger partial charge in [0.05, 0.1) is 0 Å². The second-order valence-corrected chi connectivity index (χ2v) is 8.88. The van der Waals surface area contributed by atoms with Gasteiger partial charge in [-0.2, -0.15) is 0 Å². The van der Waals surface area contributed by atoms with E-state index in [1.807, 2.05) is 9.80 Å². The molecule has 6 nitrogen and oxygen atoms in total. The maximum absolute atomic E-state index is 12.3. The molecule has 0 radical (unpaired) electrons. The van der Waals surface area contributed by atoms with Crippen LogP contribution >= 0.6 is 31.9 Å². The van der Waals surface area contributed by atoms with Gasteiger partial charge in [0.25, 0.3) is 0 Å². The summed E-state index contributed by atoms with van der Waals surface area (Å²) in [6.45, 7) is 10.2. The van der Waals surface area contributed by atoms with Gasteiger partial charge in [-0.25, -0.2) is 0 Å². The summed E-state index contributed by atoms with van der Waals surface area (Å²) in [7, 11) is 0. The molecule has 28 heavy (non-hydrogen) atoms. The third kappa shape index (κ3) is 11.1. The molecule has 1 aliphatic heterocycles. The molecule has 164 valence electrons. The van der Waals surface area contributed by atoms with Gasteiger partial charge < -0.3 is 15.1 Å². The molecule has 1 heterocycles. The van der Waals surface area contributed by atoms with Crippen LogP contribution in [0.25, 0.3) is 0 Å². The average molecular weight is 526 g/mol. The highest BCUT2D eigenvalue weighted by atomic mass is 79.9. The second-order valence-electron chi connectivity index (χ2n) is 7.29. The van der Waals surface area contributed by atoms with Crippen LogP contribution in [0.1, 0.15) is 45.4 Å². The van der Waals surface area contributed by atoms with E-state index in [0.717, 1.165) is 76.0 Å². The lowest BCUT2D eigenvalue weighted by molar-refractivity contribution is -0.132. The minimum Gasteiger partial charge on any atom is -0.341 e. The fourth-order valence-electron chi connectivity index (χ4n) is 3.37. The zero-order chi connectivity index (χ0) is 20.6. The van der Waals surface area contributed by atoms with E-state index < -0.39 is 0 Å². The number of halogens is 2. The molecule has 1 fully saturated rings. The summed E-state index contributed by atoms with van der Waals surface area (Å²) in [6, 6.07) is 0. The number of nitrogens with zero attached hydrogens (tertiary/aromatic N) is 3. The van der Waals surface area contributed by atoms with Crippen LogP contribution in [-0.4, -0.2) is 96.1 Å². The first-order chi connectivity index (χ1) is 13.6. The van der Waals surface area contributed by atoms with Gasteiger partial charge in [0.1, 0.15) is 0 Å². The fraction of sp³-hybridized carbons (Fsp3) is 0.900. The number of unbranched alkanes of at least 4 members (excludes halogenated alkanes) is 3. The molecule has 0 aromatic heterocycles. The maximum Gasteiger partial charge on any atom is 0.223 e. The van der Waals surface area contributed by atoms with Crippen LogP contribution in [0, 0.1) is 0 Å². The number of hydrogen-bond donors (Lipinski definition) is 1. The molecule has 0 spiro atoms. The number of carbonyl (C=O) groups is 2. The Labute approximate surface area is 188 Å². The third-order valence-electron chi connectivity index (χ3n) is 5.14. The van der Waals surface area contributed by atoms with Gasteiger partial charge in [-0.1, -0.05) is 58.0 Å². The molecule has 8 heteroatoms. The van der Waals surface area contributed by atoms with Gasteiger partial charge >= 0.3 is 0 Å². The topological polar surface area (TPSA) is 55.9 Å². The smallest absolute Gasteiger partial charge is 0.223 e. The Hall–Kier alpha value is -0.180. The van der Waals surface area contributed by atoms with Gasteiger partial charge in [-0.3, -0.25) is 14.5 Å². The molecule has 0 aromatic rings. The van der Waals surface area contributed by atoms with Crippen molar-refractivity contribution in [3.63, 3.8) is 0 Å². The van der Waals surface area contributed by atoms with Crippen molar-refractivity contribution in [2.24, 2.45) is 0 Å². The number of hydrogen-bond acceptors (Lipinski definition) is 4. The first-order valence-corrected chi connectivity index (χ1v) is 13.0. The molecule has 1 aliphatic rings. The normalized spacial score (nSPS) is 15.0. The van der Waals surface area contributed by atoms with Crippen molar-refractivity contribution in [3.05, 3.63) is 0 Å². The lowest BCUT2D eigenvalue weighted by Gasteiger charge is -2.34. The molecular weight excluding hydrogens is 488 g/mol. The number of piperazine rings is 1. The van der Waals surface area contributed by atoms with Crippen molar-refractivity contribution in [1.29, 1.82) is 0 Å². The van der Waals surface area contributed by atoms with E-state index in [1.54, 1.807) is 0 Å². The molecule has 0 aromatic carbocycles. The molecule has 2 amide bonds. The van der Waals surface area contributed by atoms with E-state index in [9.17, 15) is 9.59 Å². The Balaban J connectivity index is 2.17. The molecule has 1 rings (SSSR count). The Morgan fingerprint density at radius 3 is 2.29 bits per heavy atom. The van der Waals surface area contributed by atoms with Crippen molar-refractivity contribution in [3.8, 4) is 0 Å². The molecular formula is C20H38Br2N4O2. The van der Waals surface area contributed by atoms with Crippen LogP contribution in [0.3, 0.4) is 0 Å². The van der Waals surface area contributed by atoms with Gasteiger partial charge in [0.2, 0.25) is 11.8 Å². The predicted octanol–water partition coefficient (Wildman–Crippen LogP) is 2.70. The Kier molecular flexibility index (Phi) is 15.3. The van der Waals surface area contributed by atoms with Crippen LogP contribution in [-0.2, 0) is 9.59 Å². The summed E-state index contributed by atoms with van der Waals surface area (Å²) >= 11 is 6.71. The minimum atomic E-state index is 0.249. The SMILES string of the molecule is CCCCCCN(CCNCCN1CCN(C(=O)CCBr)CC1)C(=O)CCBr. The predicted molar refractivity (Wildman–Crippen MR) is 123 cm³/mol. The molecule has 0 atom stereocenters. The monoisotopic (exact) mass is 524 g/mol. The van der Waals surface area contributed by atoms with E-state index >= 15 is 0 Å². The highest BCUT2D eigenvalue weighted by Gasteiger charge is 2.20. The molecule has 0 saturated carbocycles. The Morgan fingerprint density at radius 2 is 1.64 bits per heavy atom. The van der Waals surface area contributed by atoms with Gasteiger partial charge in [0.15, 0.2) is 0 Å². The summed E-state index contributed by atoms with van der Waals surface area (Å²) in [6.07, 6.45) is 5.92. The number of alkyl halides is 2. The van der Waals surface area contributed by atoms with E-state index in [2.05, 4.69) is 49.0 Å². The van der Waals surface area contributed by atoms with Crippen LogP contribution in [0.4, 0.5) is 0 Å². The third-order valence-corrected chi connectivity index (χ3v) is 5.93. The van der Waals surface area contributed by atoms with E-state index in [-0.39, 0.29) is 11.8 Å². The zero-order valence-electron chi connectivity index (χ0n) is 17.4. The summed E-state index contributed by atoms with van der Waals surface area (Å²) in [5.74, 6) is 0.501. The standard InChI is InChI=1S/C20H38Br2N4O2/c1-2-3-4-5-12-25(19(27)6-8-21)14-11-23-10-13-24-15-17-26(18-16-24)20(28)7-9-22/h23H,2-18H2,1H3. The van der Waals surface area contributed by atoms with Crippen LogP contribution < -0.4 is 5.32 Å². The molecule has 1 saturated heterocycles. The summed E-state index contributed by atoms with van der Waals surface area (Å²) in [5.41, 5.74) is 0. The number of rotatable bonds is 15. The zero-order valence-corrected chi connectivity index (χ0v) is 20.6. The number of amides is 2. The molecule has 0 aliphatic carbocycles. The Morgan fingerprint density at radius 1 is 0.929 bits per heavy atom. The van der Waals surface area contributed by atoms with Crippen molar-refractivity contribution >= 4 is 43.7 Å². The summed E-state index contributed by atoms with van der Waals surface area (Å²) in [4.78, 5) is 30.6. The van der Waals surface area contributed by atoms with Crippen LogP contribution in [0.15, 0.2) is 0 Å². The van der Waals surface area contributed by atoms with E-state index in [4.69, 9.17) is 0 Å². The largest absolute Gasteiger partial charge is 0.341 e. The maximum atomic E-state index is 12.3. The van der Waals surface area contributed by atoms with Crippen molar-refractivity contribution < 1.29 is 9.59 Å². The minimum absolute atomic E-state index is 0.249. The Bertz CT molecular complexity index is 432. The fourth-order valence-corrected chi connectivity index (χ4v) is 4.04. The van der Waals surface area contributed by atoms with Crippen LogP contribution in [0.2, 0.25) is 0 Å². The number of nitrogens with one attached hydrogen (secondary N) is 1. The average Bonchev–Trinajstić information content (AvgIpc) is 2.70. The van der Waals surface area contributed by atoms with Gasteiger partial charge in [0, 0.05) is 82.4 Å². The molecule has 1 N–H and O–H groups in total. The van der Waals surface area contributed by atoms with Gasteiger partial charge in [-0.15, -0.1) is 0 Å². The van der Waals surface area contributed by atoms with Crippen molar-refractivity contribution in [2.45, 2.75) is 45.4 Å². The summed E-state index contributed by atoms with van der Waals surface area (Å²) in [5, 5.41) is 4.95. The van der Waals surface area contributed by atoms with Crippen molar-refractivity contribution in [1.82, 2.24) is 20.0 Å².